The van der Waals surface area contributed by atoms with Crippen molar-refractivity contribution in [3.63, 3.8) is 0 Å². The lowest BCUT2D eigenvalue weighted by Gasteiger charge is -2.26. The van der Waals surface area contributed by atoms with Gasteiger partial charge in [-0.1, -0.05) is 61.9 Å². The van der Waals surface area contributed by atoms with Gasteiger partial charge in [-0.3, -0.25) is 0 Å². The van der Waals surface area contributed by atoms with Crippen LogP contribution in [0.1, 0.15) is 41.2 Å². The first kappa shape index (κ1) is 20.2. The second-order valence-electron chi connectivity index (χ2n) is 7.96. The zero-order valence-electron chi connectivity index (χ0n) is 17.7. The molecule has 2 aromatic heterocycles. The molecule has 0 spiro atoms. The van der Waals surface area contributed by atoms with Crippen LogP contribution < -0.4 is 4.74 Å². The van der Waals surface area contributed by atoms with Crippen molar-refractivity contribution in [3.8, 4) is 17.3 Å². The quantitative estimate of drug-likeness (QED) is 0.380. The summed E-state index contributed by atoms with van der Waals surface area (Å²) in [4.78, 5) is 9.04. The van der Waals surface area contributed by atoms with Gasteiger partial charge in [0.2, 0.25) is 0 Å². The van der Waals surface area contributed by atoms with Crippen LogP contribution in [0.4, 0.5) is 0 Å². The lowest BCUT2D eigenvalue weighted by Crippen LogP contribution is -2.18. The molecule has 2 heterocycles. The predicted molar refractivity (Wildman–Crippen MR) is 122 cm³/mol. The Balaban J connectivity index is 1.45. The van der Waals surface area contributed by atoms with Gasteiger partial charge in [0, 0.05) is 5.41 Å². The van der Waals surface area contributed by atoms with E-state index in [-0.39, 0.29) is 5.41 Å². The summed E-state index contributed by atoms with van der Waals surface area (Å²) in [7, 11) is 0. The minimum absolute atomic E-state index is 0.0687. The first-order chi connectivity index (χ1) is 14.4. The highest BCUT2D eigenvalue weighted by Crippen LogP contribution is 2.32. The molecular formula is C25H25N3OS. The van der Waals surface area contributed by atoms with E-state index in [4.69, 9.17) is 4.74 Å². The second-order valence-corrected chi connectivity index (χ2v) is 8.91. The molecule has 4 rings (SSSR count). The Hall–Kier alpha value is -3.05. The first-order valence-electron chi connectivity index (χ1n) is 9.99. The number of pyridine rings is 1. The van der Waals surface area contributed by atoms with Gasteiger partial charge in [-0.25, -0.2) is 9.97 Å². The average Bonchev–Trinajstić information content (AvgIpc) is 3.19. The number of hydrogen-bond acceptors (Lipinski definition) is 5. The van der Waals surface area contributed by atoms with E-state index < -0.39 is 0 Å². The van der Waals surface area contributed by atoms with Crippen molar-refractivity contribution in [1.29, 1.82) is 0 Å². The molecule has 0 saturated heterocycles. The van der Waals surface area contributed by atoms with Crippen LogP contribution in [-0.2, 0) is 12.0 Å². The van der Waals surface area contributed by atoms with Crippen LogP contribution in [0.2, 0.25) is 0 Å². The third kappa shape index (κ3) is 4.41. The Morgan fingerprint density at radius 1 is 0.833 bits per heavy atom. The average molecular weight is 416 g/mol. The smallest absolute Gasteiger partial charge is 0.191 e. The van der Waals surface area contributed by atoms with Crippen LogP contribution in [0.5, 0.6) is 5.75 Å². The Morgan fingerprint density at radius 2 is 1.50 bits per heavy atom. The van der Waals surface area contributed by atoms with Gasteiger partial charge in [0.05, 0.1) is 5.69 Å². The van der Waals surface area contributed by atoms with Crippen molar-refractivity contribution in [2.45, 2.75) is 39.7 Å². The molecule has 0 atom stereocenters. The Morgan fingerprint density at radius 3 is 2.13 bits per heavy atom. The van der Waals surface area contributed by atoms with Crippen LogP contribution in [0.3, 0.4) is 0 Å². The van der Waals surface area contributed by atoms with E-state index in [1.54, 1.807) is 0 Å². The van der Waals surface area contributed by atoms with Crippen molar-refractivity contribution in [2.24, 2.45) is 0 Å². The van der Waals surface area contributed by atoms with Crippen LogP contribution >= 0.6 is 11.5 Å². The van der Waals surface area contributed by atoms with E-state index >= 15 is 0 Å². The lowest BCUT2D eigenvalue weighted by atomic mass is 9.78. The number of aryl methyl sites for hydroxylation is 2. The maximum Gasteiger partial charge on any atom is 0.191 e. The summed E-state index contributed by atoms with van der Waals surface area (Å²) in [6.45, 7) is 8.95. The standard InChI is InChI=1S/C25H25N3OS/c1-17-8-10-19(11-9-17)25(3,4)20-12-14-22(15-13-20)29-16-21-6-5-7-23(27-21)24-26-18(2)30-28-24/h5-15H,16H2,1-4H3. The molecule has 0 amide bonds. The molecule has 30 heavy (non-hydrogen) atoms. The van der Waals surface area contributed by atoms with Crippen molar-refractivity contribution < 1.29 is 4.74 Å². The molecule has 0 bridgehead atoms. The zero-order valence-corrected chi connectivity index (χ0v) is 18.5. The molecule has 2 aromatic carbocycles. The first-order valence-corrected chi connectivity index (χ1v) is 10.8. The van der Waals surface area contributed by atoms with Crippen molar-refractivity contribution in [3.05, 3.63) is 94.1 Å². The fourth-order valence-corrected chi connectivity index (χ4v) is 3.83. The molecule has 0 aliphatic carbocycles. The fraction of sp³-hybridized carbons (Fsp3) is 0.240. The summed E-state index contributed by atoms with van der Waals surface area (Å²) in [6, 6.07) is 22.9. The normalized spacial score (nSPS) is 11.5. The molecular weight excluding hydrogens is 390 g/mol. The highest BCUT2D eigenvalue weighted by atomic mass is 32.1. The molecule has 4 nitrogen and oxygen atoms in total. The van der Waals surface area contributed by atoms with Crippen molar-refractivity contribution in [2.75, 3.05) is 0 Å². The molecule has 0 fully saturated rings. The van der Waals surface area contributed by atoms with Gasteiger partial charge in [-0.05, 0) is 60.8 Å². The van der Waals surface area contributed by atoms with Gasteiger partial charge >= 0.3 is 0 Å². The maximum atomic E-state index is 5.98. The van der Waals surface area contributed by atoms with E-state index in [9.17, 15) is 0 Å². The maximum absolute atomic E-state index is 5.98. The monoisotopic (exact) mass is 415 g/mol. The van der Waals surface area contributed by atoms with E-state index in [2.05, 4.69) is 71.5 Å². The Kier molecular flexibility index (Phi) is 5.64. The van der Waals surface area contributed by atoms with Gasteiger partial charge in [0.15, 0.2) is 5.82 Å². The molecule has 152 valence electrons. The summed E-state index contributed by atoms with van der Waals surface area (Å²) in [5.41, 5.74) is 5.38. The van der Waals surface area contributed by atoms with Crippen LogP contribution in [0.15, 0.2) is 66.7 Å². The Bertz CT molecular complexity index is 1130. The topological polar surface area (TPSA) is 47.9 Å². The summed E-state index contributed by atoms with van der Waals surface area (Å²) in [6.07, 6.45) is 0. The minimum atomic E-state index is -0.0687. The summed E-state index contributed by atoms with van der Waals surface area (Å²) >= 11 is 1.39. The second kappa shape index (κ2) is 8.36. The third-order valence-corrected chi connectivity index (χ3v) is 5.92. The fourth-order valence-electron chi connectivity index (χ4n) is 3.35. The SMILES string of the molecule is Cc1ccc(C(C)(C)c2ccc(OCc3cccc(-c4nsc(C)n4)n3)cc2)cc1. The Labute approximate surface area is 181 Å². The number of hydrogen-bond donors (Lipinski definition) is 0. The van der Waals surface area contributed by atoms with E-state index in [0.29, 0.717) is 12.4 Å². The van der Waals surface area contributed by atoms with Gasteiger partial charge in [0.1, 0.15) is 23.1 Å². The summed E-state index contributed by atoms with van der Waals surface area (Å²) in [5.74, 6) is 1.50. The number of aromatic nitrogens is 3. The van der Waals surface area contributed by atoms with Crippen LogP contribution in [0.25, 0.3) is 11.5 Å². The minimum Gasteiger partial charge on any atom is -0.487 e. The van der Waals surface area contributed by atoms with Gasteiger partial charge in [0.25, 0.3) is 0 Å². The number of nitrogens with zero attached hydrogens (tertiary/aromatic N) is 3. The van der Waals surface area contributed by atoms with Gasteiger partial charge in [-0.15, -0.1) is 0 Å². The summed E-state index contributed by atoms with van der Waals surface area (Å²) < 4.78 is 10.3. The number of rotatable bonds is 6. The zero-order chi connectivity index (χ0) is 21.1. The molecule has 5 heteroatoms. The molecule has 0 aliphatic heterocycles. The molecule has 0 N–H and O–H groups in total. The predicted octanol–water partition coefficient (Wildman–Crippen LogP) is 6.12. The number of ether oxygens (including phenoxy) is 1. The van der Waals surface area contributed by atoms with Crippen LogP contribution in [-0.4, -0.2) is 14.3 Å². The van der Waals surface area contributed by atoms with Gasteiger partial charge in [-0.2, -0.15) is 4.37 Å². The highest BCUT2D eigenvalue weighted by Gasteiger charge is 2.22. The molecule has 0 unspecified atom stereocenters. The van der Waals surface area contributed by atoms with Crippen molar-refractivity contribution >= 4 is 11.5 Å². The summed E-state index contributed by atoms with van der Waals surface area (Å²) in [5, 5.41) is 0.933. The molecule has 0 aliphatic rings. The molecule has 4 aromatic rings. The molecule has 0 saturated carbocycles. The van der Waals surface area contributed by atoms with Crippen LogP contribution in [0, 0.1) is 13.8 Å². The van der Waals surface area contributed by atoms with E-state index in [1.165, 1.54) is 28.2 Å². The number of benzene rings is 2. The van der Waals surface area contributed by atoms with Crippen molar-refractivity contribution in [1.82, 2.24) is 14.3 Å². The largest absolute Gasteiger partial charge is 0.487 e. The lowest BCUT2D eigenvalue weighted by molar-refractivity contribution is 0.301. The molecule has 0 radical (unpaired) electrons. The van der Waals surface area contributed by atoms with E-state index in [1.807, 2.05) is 37.3 Å². The highest BCUT2D eigenvalue weighted by molar-refractivity contribution is 7.05. The van der Waals surface area contributed by atoms with E-state index in [0.717, 1.165) is 22.1 Å². The third-order valence-electron chi connectivity index (χ3n) is 5.30. The van der Waals surface area contributed by atoms with Gasteiger partial charge < -0.3 is 4.74 Å².